The maximum Gasteiger partial charge on any atom is 0.252 e. The van der Waals surface area contributed by atoms with Gasteiger partial charge in [-0.3, -0.25) is 9.69 Å². The summed E-state index contributed by atoms with van der Waals surface area (Å²) in [4.78, 5) is 17.1. The zero-order chi connectivity index (χ0) is 14.8. The van der Waals surface area contributed by atoms with Gasteiger partial charge in [-0.25, -0.2) is 0 Å². The maximum absolute atomic E-state index is 12.3. The summed E-state index contributed by atoms with van der Waals surface area (Å²) in [6, 6.07) is 12.1. The third-order valence-electron chi connectivity index (χ3n) is 3.57. The lowest BCUT2D eigenvalue weighted by molar-refractivity contribution is -0.116. The van der Waals surface area contributed by atoms with E-state index < -0.39 is 0 Å². The van der Waals surface area contributed by atoms with Gasteiger partial charge in [0, 0.05) is 4.88 Å². The molecule has 5 heteroatoms. The van der Waals surface area contributed by atoms with Crippen LogP contribution in [-0.4, -0.2) is 22.5 Å². The number of thiophene rings is 1. The average Bonchev–Trinajstić information content (AvgIpc) is 3.09. The number of anilines is 1. The Labute approximate surface area is 133 Å². The molecule has 1 amide bonds. The Morgan fingerprint density at radius 2 is 2.00 bits per heavy atom. The molecule has 0 atom stereocenters. The van der Waals surface area contributed by atoms with Gasteiger partial charge in [-0.1, -0.05) is 25.1 Å². The topological polar surface area (TPSA) is 23.6 Å². The summed E-state index contributed by atoms with van der Waals surface area (Å²) in [6.07, 6.45) is 0.989. The van der Waals surface area contributed by atoms with Crippen LogP contribution in [0, 0.1) is 0 Å². The largest absolute Gasteiger partial charge is 0.334 e. The maximum atomic E-state index is 12.3. The molecule has 0 spiro atoms. The summed E-state index contributed by atoms with van der Waals surface area (Å²) in [5.41, 5.74) is 2.11. The third-order valence-corrected chi connectivity index (χ3v) is 4.87. The van der Waals surface area contributed by atoms with Crippen molar-refractivity contribution in [1.29, 1.82) is 0 Å². The van der Waals surface area contributed by atoms with Crippen molar-refractivity contribution in [1.82, 2.24) is 4.90 Å². The van der Waals surface area contributed by atoms with Crippen LogP contribution in [0.3, 0.4) is 0 Å². The molecule has 21 heavy (non-hydrogen) atoms. The highest BCUT2D eigenvalue weighted by molar-refractivity contribution is 7.80. The molecule has 0 aliphatic carbocycles. The number of amides is 1. The predicted octanol–water partition coefficient (Wildman–Crippen LogP) is 3.44. The van der Waals surface area contributed by atoms with E-state index in [4.69, 9.17) is 12.2 Å². The van der Waals surface area contributed by atoms with Crippen LogP contribution in [0.4, 0.5) is 5.69 Å². The quantitative estimate of drug-likeness (QED) is 0.807. The normalized spacial score (nSPS) is 15.1. The zero-order valence-corrected chi connectivity index (χ0v) is 13.4. The van der Waals surface area contributed by atoms with Gasteiger partial charge in [-0.15, -0.1) is 11.3 Å². The van der Waals surface area contributed by atoms with Gasteiger partial charge in [0.15, 0.2) is 5.11 Å². The van der Waals surface area contributed by atoms with Gasteiger partial charge in [0.05, 0.1) is 12.2 Å². The summed E-state index contributed by atoms with van der Waals surface area (Å²) < 4.78 is 0. The first-order valence-electron chi connectivity index (χ1n) is 6.92. The van der Waals surface area contributed by atoms with E-state index in [-0.39, 0.29) is 5.91 Å². The van der Waals surface area contributed by atoms with E-state index in [2.05, 4.69) is 13.0 Å². The first-order valence-corrected chi connectivity index (χ1v) is 8.21. The fourth-order valence-electron chi connectivity index (χ4n) is 2.40. The van der Waals surface area contributed by atoms with Gasteiger partial charge in [0.1, 0.15) is 6.54 Å². The Balaban J connectivity index is 1.79. The molecule has 1 aromatic carbocycles. The molecule has 0 saturated carbocycles. The SMILES string of the molecule is CCc1ccc(N2C(=O)CN(Cc3cccs3)C2=S)cc1. The number of hydrogen-bond acceptors (Lipinski definition) is 3. The number of nitrogens with zero attached hydrogens (tertiary/aromatic N) is 2. The Kier molecular flexibility index (Phi) is 4.03. The number of rotatable bonds is 4. The smallest absolute Gasteiger partial charge is 0.252 e. The van der Waals surface area contributed by atoms with Crippen LogP contribution in [0.1, 0.15) is 17.4 Å². The average molecular weight is 316 g/mol. The van der Waals surface area contributed by atoms with Crippen molar-refractivity contribution < 1.29 is 4.79 Å². The van der Waals surface area contributed by atoms with E-state index in [1.54, 1.807) is 16.2 Å². The molecule has 1 aliphatic heterocycles. The lowest BCUT2D eigenvalue weighted by Crippen LogP contribution is -2.32. The number of carbonyl (C=O) groups excluding carboxylic acids is 1. The van der Waals surface area contributed by atoms with E-state index >= 15 is 0 Å². The fraction of sp³-hybridized carbons (Fsp3) is 0.250. The minimum Gasteiger partial charge on any atom is -0.334 e. The Bertz CT molecular complexity index is 649. The molecule has 1 aliphatic rings. The lowest BCUT2D eigenvalue weighted by atomic mass is 10.1. The lowest BCUT2D eigenvalue weighted by Gasteiger charge is -2.20. The summed E-state index contributed by atoms with van der Waals surface area (Å²) in [7, 11) is 0. The third kappa shape index (κ3) is 2.84. The Morgan fingerprint density at radius 1 is 1.24 bits per heavy atom. The summed E-state index contributed by atoms with van der Waals surface area (Å²) in [5, 5.41) is 2.63. The predicted molar refractivity (Wildman–Crippen MR) is 90.6 cm³/mol. The van der Waals surface area contributed by atoms with Crippen LogP contribution < -0.4 is 4.90 Å². The standard InChI is InChI=1S/C16H16N2OS2/c1-2-12-5-7-13(8-6-12)18-15(19)11-17(16(18)20)10-14-4-3-9-21-14/h3-9H,2,10-11H2,1H3. The monoisotopic (exact) mass is 316 g/mol. The molecule has 0 unspecified atom stereocenters. The van der Waals surface area contributed by atoms with E-state index in [1.807, 2.05) is 40.6 Å². The second-order valence-corrected chi connectivity index (χ2v) is 6.36. The van der Waals surface area contributed by atoms with Gasteiger partial charge < -0.3 is 4.90 Å². The van der Waals surface area contributed by atoms with Crippen molar-refractivity contribution >= 4 is 40.3 Å². The number of thiocarbonyl (C=S) groups is 1. The molecule has 3 nitrogen and oxygen atoms in total. The molecule has 2 heterocycles. The molecule has 3 rings (SSSR count). The first-order chi connectivity index (χ1) is 10.2. The van der Waals surface area contributed by atoms with Crippen molar-refractivity contribution in [3.05, 3.63) is 52.2 Å². The van der Waals surface area contributed by atoms with E-state index in [9.17, 15) is 4.79 Å². The van der Waals surface area contributed by atoms with Crippen LogP contribution in [-0.2, 0) is 17.8 Å². The van der Waals surface area contributed by atoms with Gasteiger partial charge in [-0.2, -0.15) is 0 Å². The number of aryl methyl sites for hydroxylation is 1. The molecule has 2 aromatic rings. The minimum atomic E-state index is 0.0424. The van der Waals surface area contributed by atoms with Crippen molar-refractivity contribution in [3.8, 4) is 0 Å². The summed E-state index contributed by atoms with van der Waals surface area (Å²) >= 11 is 7.17. The molecule has 1 saturated heterocycles. The first kappa shape index (κ1) is 14.2. The molecule has 0 N–H and O–H groups in total. The van der Waals surface area contributed by atoms with Crippen LogP contribution in [0.15, 0.2) is 41.8 Å². The van der Waals surface area contributed by atoms with Crippen molar-refractivity contribution in [3.63, 3.8) is 0 Å². The molecule has 1 fully saturated rings. The second kappa shape index (κ2) is 5.95. The highest BCUT2D eigenvalue weighted by atomic mass is 32.1. The van der Waals surface area contributed by atoms with Crippen molar-refractivity contribution in [2.24, 2.45) is 0 Å². The fourth-order valence-corrected chi connectivity index (χ4v) is 3.45. The Hall–Kier alpha value is -1.72. The van der Waals surface area contributed by atoms with Crippen LogP contribution >= 0.6 is 23.6 Å². The van der Waals surface area contributed by atoms with Crippen LogP contribution in [0.25, 0.3) is 0 Å². The Morgan fingerprint density at radius 3 is 2.62 bits per heavy atom. The van der Waals surface area contributed by atoms with Crippen LogP contribution in [0.5, 0.6) is 0 Å². The number of benzene rings is 1. The summed E-state index contributed by atoms with van der Waals surface area (Å²) in [6.45, 7) is 3.17. The van der Waals surface area contributed by atoms with Gasteiger partial charge in [-0.05, 0) is 47.8 Å². The van der Waals surface area contributed by atoms with Crippen LogP contribution in [0.2, 0.25) is 0 Å². The molecular formula is C16H16N2OS2. The minimum absolute atomic E-state index is 0.0424. The van der Waals surface area contributed by atoms with E-state index in [0.29, 0.717) is 18.2 Å². The van der Waals surface area contributed by atoms with Gasteiger partial charge in [0.2, 0.25) is 0 Å². The molecule has 0 radical (unpaired) electrons. The highest BCUT2D eigenvalue weighted by Crippen LogP contribution is 2.24. The van der Waals surface area contributed by atoms with Gasteiger partial charge in [0.25, 0.3) is 5.91 Å². The van der Waals surface area contributed by atoms with Crippen molar-refractivity contribution in [2.75, 3.05) is 11.4 Å². The molecule has 1 aromatic heterocycles. The number of carbonyl (C=O) groups is 1. The van der Waals surface area contributed by atoms with E-state index in [1.165, 1.54) is 10.4 Å². The summed E-state index contributed by atoms with van der Waals surface area (Å²) in [5.74, 6) is 0.0424. The number of hydrogen-bond donors (Lipinski definition) is 0. The second-order valence-electron chi connectivity index (χ2n) is 4.97. The van der Waals surface area contributed by atoms with Crippen molar-refractivity contribution in [2.45, 2.75) is 19.9 Å². The van der Waals surface area contributed by atoms with Gasteiger partial charge >= 0.3 is 0 Å². The zero-order valence-electron chi connectivity index (χ0n) is 11.8. The highest BCUT2D eigenvalue weighted by Gasteiger charge is 2.33. The van der Waals surface area contributed by atoms with E-state index in [0.717, 1.165) is 12.1 Å². The molecule has 0 bridgehead atoms. The molecular weight excluding hydrogens is 300 g/mol. The molecule has 108 valence electrons.